The highest BCUT2D eigenvalue weighted by Gasteiger charge is 2.38. The molecule has 0 aliphatic heterocycles. The SMILES string of the molecule is CCC(C)(O)C(O)C1CC(C)CC(C)C1. The Morgan fingerprint density at radius 2 is 1.67 bits per heavy atom. The summed E-state index contributed by atoms with van der Waals surface area (Å²) >= 11 is 0. The fourth-order valence-corrected chi connectivity index (χ4v) is 2.98. The summed E-state index contributed by atoms with van der Waals surface area (Å²) in [5.74, 6) is 1.64. The molecule has 1 saturated carbocycles. The second-order valence-electron chi connectivity index (χ2n) is 5.83. The fraction of sp³-hybridized carbons (Fsp3) is 1.00. The first-order valence-electron chi connectivity index (χ1n) is 6.27. The first-order valence-corrected chi connectivity index (χ1v) is 6.27. The van der Waals surface area contributed by atoms with Gasteiger partial charge in [-0.2, -0.15) is 0 Å². The number of rotatable bonds is 3. The molecular formula is C13H26O2. The van der Waals surface area contributed by atoms with Gasteiger partial charge in [0.25, 0.3) is 0 Å². The third-order valence-electron chi connectivity index (χ3n) is 4.01. The zero-order valence-electron chi connectivity index (χ0n) is 10.5. The molecule has 0 amide bonds. The highest BCUT2D eigenvalue weighted by Crippen LogP contribution is 2.37. The predicted octanol–water partition coefficient (Wildman–Crippen LogP) is 2.58. The van der Waals surface area contributed by atoms with E-state index in [9.17, 15) is 10.2 Å². The van der Waals surface area contributed by atoms with Gasteiger partial charge in [0, 0.05) is 0 Å². The lowest BCUT2D eigenvalue weighted by Crippen LogP contribution is -2.45. The van der Waals surface area contributed by atoms with Crippen LogP contribution in [0.1, 0.15) is 53.4 Å². The van der Waals surface area contributed by atoms with Gasteiger partial charge >= 0.3 is 0 Å². The van der Waals surface area contributed by atoms with Gasteiger partial charge in [-0.15, -0.1) is 0 Å². The van der Waals surface area contributed by atoms with Gasteiger partial charge < -0.3 is 10.2 Å². The van der Waals surface area contributed by atoms with E-state index in [2.05, 4.69) is 13.8 Å². The highest BCUT2D eigenvalue weighted by molar-refractivity contribution is 4.89. The first kappa shape index (κ1) is 13.0. The summed E-state index contributed by atoms with van der Waals surface area (Å²) in [6.45, 7) is 8.17. The van der Waals surface area contributed by atoms with Crippen molar-refractivity contribution in [1.82, 2.24) is 0 Å². The largest absolute Gasteiger partial charge is 0.390 e. The summed E-state index contributed by atoms with van der Waals surface area (Å²) in [4.78, 5) is 0. The molecule has 0 aromatic rings. The van der Waals surface area contributed by atoms with Crippen LogP contribution in [0.4, 0.5) is 0 Å². The summed E-state index contributed by atoms with van der Waals surface area (Å²) < 4.78 is 0. The molecule has 1 fully saturated rings. The van der Waals surface area contributed by atoms with Crippen molar-refractivity contribution >= 4 is 0 Å². The quantitative estimate of drug-likeness (QED) is 0.758. The third-order valence-corrected chi connectivity index (χ3v) is 4.01. The monoisotopic (exact) mass is 214 g/mol. The Bertz CT molecular complexity index is 191. The van der Waals surface area contributed by atoms with E-state index in [-0.39, 0.29) is 5.92 Å². The Labute approximate surface area is 93.7 Å². The van der Waals surface area contributed by atoms with Crippen LogP contribution in [0.15, 0.2) is 0 Å². The molecule has 1 rings (SSSR count). The third kappa shape index (κ3) is 3.18. The van der Waals surface area contributed by atoms with E-state index in [1.807, 2.05) is 6.92 Å². The van der Waals surface area contributed by atoms with Gasteiger partial charge in [-0.05, 0) is 50.4 Å². The normalized spacial score (nSPS) is 38.4. The number of hydrogen-bond donors (Lipinski definition) is 2. The molecular weight excluding hydrogens is 188 g/mol. The van der Waals surface area contributed by atoms with Crippen LogP contribution < -0.4 is 0 Å². The maximum atomic E-state index is 10.2. The van der Waals surface area contributed by atoms with E-state index in [4.69, 9.17) is 0 Å². The average molecular weight is 214 g/mol. The van der Waals surface area contributed by atoms with Crippen molar-refractivity contribution in [3.63, 3.8) is 0 Å². The van der Waals surface area contributed by atoms with Gasteiger partial charge in [-0.3, -0.25) is 0 Å². The van der Waals surface area contributed by atoms with Crippen molar-refractivity contribution in [2.24, 2.45) is 17.8 Å². The van der Waals surface area contributed by atoms with Crippen molar-refractivity contribution in [1.29, 1.82) is 0 Å². The maximum absolute atomic E-state index is 10.2. The Morgan fingerprint density at radius 1 is 1.20 bits per heavy atom. The summed E-state index contributed by atoms with van der Waals surface area (Å²) in [6, 6.07) is 0. The minimum atomic E-state index is -0.915. The van der Waals surface area contributed by atoms with E-state index in [1.54, 1.807) is 6.92 Å². The number of aliphatic hydroxyl groups is 2. The summed E-state index contributed by atoms with van der Waals surface area (Å²) in [5.41, 5.74) is -0.915. The molecule has 0 aromatic heterocycles. The van der Waals surface area contributed by atoms with Crippen LogP contribution in [0.5, 0.6) is 0 Å². The van der Waals surface area contributed by atoms with Crippen LogP contribution in [0.3, 0.4) is 0 Å². The minimum absolute atomic E-state index is 0.277. The predicted molar refractivity (Wildman–Crippen MR) is 62.6 cm³/mol. The molecule has 4 atom stereocenters. The molecule has 1 aliphatic rings. The maximum Gasteiger partial charge on any atom is 0.0877 e. The van der Waals surface area contributed by atoms with Gasteiger partial charge in [0.15, 0.2) is 0 Å². The van der Waals surface area contributed by atoms with Crippen LogP contribution in [-0.2, 0) is 0 Å². The lowest BCUT2D eigenvalue weighted by Gasteiger charge is -2.39. The topological polar surface area (TPSA) is 40.5 Å². The molecule has 0 bridgehead atoms. The van der Waals surface area contributed by atoms with Crippen molar-refractivity contribution in [3.8, 4) is 0 Å². The van der Waals surface area contributed by atoms with Crippen LogP contribution in [0.2, 0.25) is 0 Å². The van der Waals surface area contributed by atoms with Crippen molar-refractivity contribution in [2.75, 3.05) is 0 Å². The lowest BCUT2D eigenvalue weighted by atomic mass is 9.71. The zero-order chi connectivity index (χ0) is 11.6. The highest BCUT2D eigenvalue weighted by atomic mass is 16.3. The molecule has 0 radical (unpaired) electrons. The molecule has 15 heavy (non-hydrogen) atoms. The minimum Gasteiger partial charge on any atom is -0.390 e. The Kier molecular flexibility index (Phi) is 4.19. The smallest absolute Gasteiger partial charge is 0.0877 e. The zero-order valence-corrected chi connectivity index (χ0v) is 10.5. The molecule has 2 nitrogen and oxygen atoms in total. The second kappa shape index (κ2) is 4.84. The van der Waals surface area contributed by atoms with Crippen molar-refractivity contribution < 1.29 is 10.2 Å². The number of hydrogen-bond acceptors (Lipinski definition) is 2. The lowest BCUT2D eigenvalue weighted by molar-refractivity contribution is -0.103. The van der Waals surface area contributed by atoms with Gasteiger partial charge in [0.2, 0.25) is 0 Å². The van der Waals surface area contributed by atoms with Crippen LogP contribution in [0, 0.1) is 17.8 Å². The Morgan fingerprint density at radius 3 is 2.07 bits per heavy atom. The van der Waals surface area contributed by atoms with Gasteiger partial charge in [-0.25, -0.2) is 0 Å². The molecule has 1 aliphatic carbocycles. The van der Waals surface area contributed by atoms with E-state index in [0.717, 1.165) is 12.8 Å². The van der Waals surface area contributed by atoms with Crippen LogP contribution >= 0.6 is 0 Å². The molecule has 90 valence electrons. The summed E-state index contributed by atoms with van der Waals surface area (Å²) in [6.07, 6.45) is 3.43. The first-order chi connectivity index (χ1) is 6.86. The van der Waals surface area contributed by atoms with Gasteiger partial charge in [0.1, 0.15) is 0 Å². The molecule has 2 heteroatoms. The molecule has 0 spiro atoms. The summed E-state index contributed by atoms with van der Waals surface area (Å²) in [5, 5.41) is 20.3. The molecule has 0 saturated heterocycles. The van der Waals surface area contributed by atoms with Gasteiger partial charge in [-0.1, -0.05) is 20.8 Å². The van der Waals surface area contributed by atoms with Crippen molar-refractivity contribution in [3.05, 3.63) is 0 Å². The molecule has 4 unspecified atom stereocenters. The van der Waals surface area contributed by atoms with E-state index < -0.39 is 11.7 Å². The second-order valence-corrected chi connectivity index (χ2v) is 5.83. The Hall–Kier alpha value is -0.0800. The molecule has 0 aromatic carbocycles. The Balaban J connectivity index is 2.62. The van der Waals surface area contributed by atoms with Crippen LogP contribution in [0.25, 0.3) is 0 Å². The van der Waals surface area contributed by atoms with E-state index in [1.165, 1.54) is 6.42 Å². The summed E-state index contributed by atoms with van der Waals surface area (Å²) in [7, 11) is 0. The average Bonchev–Trinajstić information content (AvgIpc) is 2.15. The molecule has 2 N–H and O–H groups in total. The van der Waals surface area contributed by atoms with E-state index in [0.29, 0.717) is 18.3 Å². The number of aliphatic hydroxyl groups excluding tert-OH is 1. The van der Waals surface area contributed by atoms with Gasteiger partial charge in [0.05, 0.1) is 11.7 Å². The fourth-order valence-electron chi connectivity index (χ4n) is 2.98. The standard InChI is InChI=1S/C13H26O2/c1-5-13(4,15)12(14)11-7-9(2)6-10(3)8-11/h9-12,14-15H,5-8H2,1-4H3. The molecule has 0 heterocycles. The van der Waals surface area contributed by atoms with Crippen molar-refractivity contribution in [2.45, 2.75) is 65.1 Å². The van der Waals surface area contributed by atoms with Crippen LogP contribution in [-0.4, -0.2) is 21.9 Å². The van der Waals surface area contributed by atoms with E-state index >= 15 is 0 Å².